The Balaban J connectivity index is 1.90. The predicted octanol–water partition coefficient (Wildman–Crippen LogP) is 1.75. The van der Waals surface area contributed by atoms with Crippen LogP contribution in [0.1, 0.15) is 53.2 Å². The zero-order valence-electron chi connectivity index (χ0n) is 18.3. The van der Waals surface area contributed by atoms with Crippen molar-refractivity contribution in [2.75, 3.05) is 24.7 Å². The topological polar surface area (TPSA) is 131 Å². The van der Waals surface area contributed by atoms with E-state index in [1.54, 1.807) is 26.0 Å². The Morgan fingerprint density at radius 1 is 1.09 bits per heavy atom. The van der Waals surface area contributed by atoms with Crippen LogP contribution in [0.3, 0.4) is 0 Å². The van der Waals surface area contributed by atoms with Gasteiger partial charge in [0.05, 0.1) is 13.2 Å². The van der Waals surface area contributed by atoms with Gasteiger partial charge in [0, 0.05) is 11.8 Å². The largest absolute Gasteiger partial charge is 0.465 e. The van der Waals surface area contributed by atoms with E-state index in [2.05, 4.69) is 15.5 Å². The maximum absolute atomic E-state index is 13.5. The molecule has 3 rings (SSSR count). The summed E-state index contributed by atoms with van der Waals surface area (Å²) in [5.74, 6) is -2.20. The van der Waals surface area contributed by atoms with E-state index in [-0.39, 0.29) is 31.1 Å². The Morgan fingerprint density at radius 3 is 2.34 bits per heavy atom. The van der Waals surface area contributed by atoms with Gasteiger partial charge in [-0.15, -0.1) is 0 Å². The molecule has 10 heteroatoms. The van der Waals surface area contributed by atoms with Gasteiger partial charge in [0.2, 0.25) is 5.91 Å². The maximum Gasteiger partial charge on any atom is 0.356 e. The average molecular weight is 442 g/mol. The molecule has 1 aromatic heterocycles. The third-order valence-corrected chi connectivity index (χ3v) is 5.06. The molecule has 0 saturated heterocycles. The minimum Gasteiger partial charge on any atom is -0.465 e. The summed E-state index contributed by atoms with van der Waals surface area (Å²) in [4.78, 5) is 51.5. The zero-order valence-corrected chi connectivity index (χ0v) is 18.3. The number of rotatable bonds is 9. The number of aryl methyl sites for hydroxylation is 1. The number of carbonyl (C=O) groups is 4. The van der Waals surface area contributed by atoms with Crippen LogP contribution in [0.4, 0.5) is 5.69 Å². The van der Waals surface area contributed by atoms with Gasteiger partial charge >= 0.3 is 11.9 Å². The lowest BCUT2D eigenvalue weighted by Crippen LogP contribution is -2.53. The van der Waals surface area contributed by atoms with E-state index >= 15 is 0 Å². The van der Waals surface area contributed by atoms with Crippen molar-refractivity contribution in [1.82, 2.24) is 15.5 Å². The van der Waals surface area contributed by atoms with E-state index in [1.165, 1.54) is 11.0 Å². The second kappa shape index (κ2) is 9.63. The van der Waals surface area contributed by atoms with Gasteiger partial charge in [0.15, 0.2) is 5.69 Å². The standard InChI is InChI=1S/C22H26N4O6/c1-4-31-18(27)13-23-21(30)22(10-11-22)26(15-8-6-14(3)7-9-15)19(28)16-12-17(25-24-16)20(29)32-5-2/h6-9,12H,4-5,10-11,13H2,1-3H3,(H,23,30)(H,24,25). The molecule has 2 aromatic rings. The van der Waals surface area contributed by atoms with E-state index in [0.717, 1.165) is 5.56 Å². The summed E-state index contributed by atoms with van der Waals surface area (Å²) in [7, 11) is 0. The number of nitrogens with one attached hydrogen (secondary N) is 2. The number of carbonyl (C=O) groups excluding carboxylic acids is 4. The van der Waals surface area contributed by atoms with Gasteiger partial charge in [-0.25, -0.2) is 4.79 Å². The Hall–Kier alpha value is -3.69. The number of ether oxygens (including phenoxy) is 2. The fraction of sp³-hybridized carbons (Fsp3) is 0.409. The predicted molar refractivity (Wildman–Crippen MR) is 114 cm³/mol. The Kier molecular flexibility index (Phi) is 6.92. The smallest absolute Gasteiger partial charge is 0.356 e. The Morgan fingerprint density at radius 2 is 1.75 bits per heavy atom. The third kappa shape index (κ3) is 4.79. The number of hydrogen-bond acceptors (Lipinski definition) is 7. The lowest BCUT2D eigenvalue weighted by atomic mass is 10.1. The van der Waals surface area contributed by atoms with Crippen LogP contribution in [-0.4, -0.2) is 59.2 Å². The number of hydrogen-bond donors (Lipinski definition) is 2. The van der Waals surface area contributed by atoms with Crippen molar-refractivity contribution in [1.29, 1.82) is 0 Å². The van der Waals surface area contributed by atoms with Crippen LogP contribution in [0.25, 0.3) is 0 Å². The van der Waals surface area contributed by atoms with E-state index in [4.69, 9.17) is 9.47 Å². The number of H-pyrrole nitrogens is 1. The lowest BCUT2D eigenvalue weighted by Gasteiger charge is -2.30. The fourth-order valence-corrected chi connectivity index (χ4v) is 3.31. The number of benzene rings is 1. The summed E-state index contributed by atoms with van der Waals surface area (Å²) in [5, 5.41) is 9.04. The molecular formula is C22H26N4O6. The number of esters is 2. The molecule has 0 bridgehead atoms. The summed E-state index contributed by atoms with van der Waals surface area (Å²) in [6.07, 6.45) is 0.826. The molecule has 1 heterocycles. The van der Waals surface area contributed by atoms with Crippen LogP contribution in [0.2, 0.25) is 0 Å². The summed E-state index contributed by atoms with van der Waals surface area (Å²) in [6.45, 7) is 5.35. The Labute approximate surface area is 185 Å². The lowest BCUT2D eigenvalue weighted by molar-refractivity contribution is -0.143. The van der Waals surface area contributed by atoms with Crippen LogP contribution >= 0.6 is 0 Å². The molecule has 170 valence electrons. The second-order valence-corrected chi connectivity index (χ2v) is 7.38. The van der Waals surface area contributed by atoms with Gasteiger partial charge in [-0.05, 0) is 45.7 Å². The molecule has 1 aliphatic rings. The first-order valence-electron chi connectivity index (χ1n) is 10.4. The zero-order chi connectivity index (χ0) is 23.3. The first kappa shape index (κ1) is 23.0. The van der Waals surface area contributed by atoms with Crippen LogP contribution in [0, 0.1) is 6.92 Å². The molecule has 32 heavy (non-hydrogen) atoms. The summed E-state index contributed by atoms with van der Waals surface area (Å²) < 4.78 is 9.78. The average Bonchev–Trinajstić information content (AvgIpc) is 3.40. The normalized spacial score (nSPS) is 13.7. The third-order valence-electron chi connectivity index (χ3n) is 5.06. The number of nitrogens with zero attached hydrogens (tertiary/aromatic N) is 2. The van der Waals surface area contributed by atoms with Crippen molar-refractivity contribution < 1.29 is 28.7 Å². The number of aromatic amines is 1. The van der Waals surface area contributed by atoms with Gasteiger partial charge in [-0.3, -0.25) is 24.4 Å². The van der Waals surface area contributed by atoms with Gasteiger partial charge in [0.25, 0.3) is 5.91 Å². The highest BCUT2D eigenvalue weighted by molar-refractivity contribution is 6.12. The maximum atomic E-state index is 13.5. The first-order chi connectivity index (χ1) is 15.3. The number of aromatic nitrogens is 2. The highest BCUT2D eigenvalue weighted by Gasteiger charge is 2.57. The molecule has 2 amide bonds. The van der Waals surface area contributed by atoms with Crippen molar-refractivity contribution >= 4 is 29.4 Å². The van der Waals surface area contributed by atoms with Crippen molar-refractivity contribution in [2.45, 2.75) is 39.2 Å². The van der Waals surface area contributed by atoms with E-state index in [9.17, 15) is 19.2 Å². The van der Waals surface area contributed by atoms with E-state index in [0.29, 0.717) is 18.5 Å². The van der Waals surface area contributed by atoms with Crippen LogP contribution in [0.5, 0.6) is 0 Å². The molecule has 2 N–H and O–H groups in total. The second-order valence-electron chi connectivity index (χ2n) is 7.38. The van der Waals surface area contributed by atoms with E-state index < -0.39 is 29.3 Å². The molecule has 0 aliphatic heterocycles. The molecule has 10 nitrogen and oxygen atoms in total. The molecule has 1 aliphatic carbocycles. The van der Waals surface area contributed by atoms with Crippen molar-refractivity contribution in [2.24, 2.45) is 0 Å². The highest BCUT2D eigenvalue weighted by atomic mass is 16.5. The molecule has 1 saturated carbocycles. The summed E-state index contributed by atoms with van der Waals surface area (Å²) in [6, 6.07) is 8.44. The molecular weight excluding hydrogens is 416 g/mol. The quantitative estimate of drug-likeness (QED) is 0.566. The van der Waals surface area contributed by atoms with Gasteiger partial charge in [-0.2, -0.15) is 5.10 Å². The molecule has 0 radical (unpaired) electrons. The van der Waals surface area contributed by atoms with Crippen molar-refractivity contribution in [3.63, 3.8) is 0 Å². The highest BCUT2D eigenvalue weighted by Crippen LogP contribution is 2.45. The molecule has 1 fully saturated rings. The van der Waals surface area contributed by atoms with Gasteiger partial charge in [-0.1, -0.05) is 17.7 Å². The minimum absolute atomic E-state index is 0.0295. The molecule has 1 aromatic carbocycles. The molecule has 0 spiro atoms. The molecule has 0 unspecified atom stereocenters. The minimum atomic E-state index is -1.16. The number of amides is 2. The van der Waals surface area contributed by atoms with Crippen LogP contribution < -0.4 is 10.2 Å². The van der Waals surface area contributed by atoms with Crippen molar-refractivity contribution in [3.8, 4) is 0 Å². The monoisotopic (exact) mass is 442 g/mol. The Bertz CT molecular complexity index is 1010. The fourth-order valence-electron chi connectivity index (χ4n) is 3.31. The number of anilines is 1. The summed E-state index contributed by atoms with van der Waals surface area (Å²) in [5.41, 5.74) is 0.336. The van der Waals surface area contributed by atoms with Crippen molar-refractivity contribution in [3.05, 3.63) is 47.3 Å². The molecule has 0 atom stereocenters. The van der Waals surface area contributed by atoms with Crippen LogP contribution in [0.15, 0.2) is 30.3 Å². The summed E-state index contributed by atoms with van der Waals surface area (Å²) >= 11 is 0. The SMILES string of the molecule is CCOC(=O)CNC(=O)C1(N(C(=O)c2cc(C(=O)OCC)[nH]n2)c2ccc(C)cc2)CC1. The van der Waals surface area contributed by atoms with Gasteiger partial charge < -0.3 is 14.8 Å². The van der Waals surface area contributed by atoms with E-state index in [1.807, 2.05) is 19.1 Å². The first-order valence-corrected chi connectivity index (χ1v) is 10.4. The van der Waals surface area contributed by atoms with Crippen LogP contribution in [-0.2, 0) is 19.1 Å². The van der Waals surface area contributed by atoms with Gasteiger partial charge in [0.1, 0.15) is 17.8 Å².